The molecule has 1 aromatic carbocycles. The molecule has 0 amide bonds. The number of aromatic nitrogens is 1. The maximum absolute atomic E-state index is 12.6. The lowest BCUT2D eigenvalue weighted by atomic mass is 10.2. The number of aryl methyl sites for hydroxylation is 2. The molecule has 6 heteroatoms. The fourth-order valence-electron chi connectivity index (χ4n) is 3.44. The van der Waals surface area contributed by atoms with Gasteiger partial charge in [0.15, 0.2) is 0 Å². The molecule has 5 nitrogen and oxygen atoms in total. The zero-order valence-electron chi connectivity index (χ0n) is 15.3. The minimum atomic E-state index is -3.52. The second-order valence-corrected chi connectivity index (χ2v) is 8.51. The average molecular weight is 362 g/mol. The van der Waals surface area contributed by atoms with E-state index >= 15 is 0 Å². The van der Waals surface area contributed by atoms with E-state index in [9.17, 15) is 8.42 Å². The van der Waals surface area contributed by atoms with Crippen LogP contribution < -0.4 is 9.46 Å². The van der Waals surface area contributed by atoms with Crippen molar-refractivity contribution in [2.24, 2.45) is 0 Å². The lowest BCUT2D eigenvalue weighted by Crippen LogP contribution is -2.26. The summed E-state index contributed by atoms with van der Waals surface area (Å²) in [5.74, 6) is 0.656. The molecule has 25 heavy (non-hydrogen) atoms. The third kappa shape index (κ3) is 3.75. The summed E-state index contributed by atoms with van der Waals surface area (Å²) < 4.78 is 35.4. The Balaban J connectivity index is 1.68. The van der Waals surface area contributed by atoms with Crippen LogP contribution in [0, 0.1) is 20.8 Å². The first-order valence-electron chi connectivity index (χ1n) is 8.65. The highest BCUT2D eigenvalue weighted by molar-refractivity contribution is 7.89. The predicted molar refractivity (Wildman–Crippen MR) is 98.8 cm³/mol. The molecule has 1 aliphatic rings. The van der Waals surface area contributed by atoms with Crippen LogP contribution in [0.3, 0.4) is 0 Å². The fraction of sp³-hybridized carbons (Fsp3) is 0.474. The molecule has 1 N–H and O–H groups in total. The summed E-state index contributed by atoms with van der Waals surface area (Å²) in [6, 6.07) is 7.82. The first-order valence-corrected chi connectivity index (χ1v) is 10.1. The van der Waals surface area contributed by atoms with Gasteiger partial charge in [-0.3, -0.25) is 0 Å². The van der Waals surface area contributed by atoms with Crippen molar-refractivity contribution in [3.8, 4) is 5.75 Å². The normalized spacial score (nSPS) is 14.7. The maximum Gasteiger partial charge on any atom is 0.240 e. The SMILES string of the molecule is COc1ccc(S(=O)(=O)NCCc2cc(C)n(C3CC3)c2C)c(C)c1. The van der Waals surface area contributed by atoms with Crippen LogP contribution in [0.25, 0.3) is 0 Å². The van der Waals surface area contributed by atoms with E-state index < -0.39 is 10.0 Å². The van der Waals surface area contributed by atoms with Crippen LogP contribution in [0.2, 0.25) is 0 Å². The third-order valence-electron chi connectivity index (χ3n) is 4.86. The number of rotatable bonds is 7. The van der Waals surface area contributed by atoms with Crippen molar-refractivity contribution in [2.45, 2.75) is 51.0 Å². The van der Waals surface area contributed by atoms with Crippen molar-refractivity contribution in [2.75, 3.05) is 13.7 Å². The van der Waals surface area contributed by atoms with Crippen LogP contribution >= 0.6 is 0 Å². The summed E-state index contributed by atoms with van der Waals surface area (Å²) in [7, 11) is -1.95. The van der Waals surface area contributed by atoms with Gasteiger partial charge in [-0.1, -0.05) is 0 Å². The third-order valence-corrected chi connectivity index (χ3v) is 6.48. The highest BCUT2D eigenvalue weighted by Gasteiger charge is 2.27. The summed E-state index contributed by atoms with van der Waals surface area (Å²) >= 11 is 0. The lowest BCUT2D eigenvalue weighted by molar-refractivity contribution is 0.414. The number of hydrogen-bond donors (Lipinski definition) is 1. The second kappa shape index (κ2) is 6.84. The van der Waals surface area contributed by atoms with Crippen molar-refractivity contribution < 1.29 is 13.2 Å². The van der Waals surface area contributed by atoms with Crippen LogP contribution in [0.4, 0.5) is 0 Å². The van der Waals surface area contributed by atoms with Crippen LogP contribution in [-0.2, 0) is 16.4 Å². The number of hydrogen-bond acceptors (Lipinski definition) is 3. The molecule has 1 aliphatic carbocycles. The molecule has 0 aliphatic heterocycles. The van der Waals surface area contributed by atoms with Gasteiger partial charge in [0.1, 0.15) is 5.75 Å². The fourth-order valence-corrected chi connectivity index (χ4v) is 4.70. The van der Waals surface area contributed by atoms with Crippen LogP contribution in [0.5, 0.6) is 5.75 Å². The number of nitrogens with one attached hydrogen (secondary N) is 1. The van der Waals surface area contributed by atoms with Crippen molar-refractivity contribution in [1.29, 1.82) is 0 Å². The number of methoxy groups -OCH3 is 1. The molecule has 2 aromatic rings. The van der Waals surface area contributed by atoms with Crippen molar-refractivity contribution in [3.05, 3.63) is 46.8 Å². The molecule has 1 fully saturated rings. The molecule has 1 saturated carbocycles. The second-order valence-electron chi connectivity index (χ2n) is 6.78. The Morgan fingerprint density at radius 3 is 2.52 bits per heavy atom. The summed E-state index contributed by atoms with van der Waals surface area (Å²) in [5.41, 5.74) is 4.43. The molecule has 0 saturated heterocycles. The maximum atomic E-state index is 12.6. The van der Waals surface area contributed by atoms with Crippen LogP contribution in [0.1, 0.15) is 41.4 Å². The summed E-state index contributed by atoms with van der Waals surface area (Å²) in [6.07, 6.45) is 3.19. The van der Waals surface area contributed by atoms with E-state index in [1.165, 1.54) is 29.8 Å². The molecule has 0 radical (unpaired) electrons. The highest BCUT2D eigenvalue weighted by atomic mass is 32.2. The molecule has 1 aromatic heterocycles. The van der Waals surface area contributed by atoms with Gasteiger partial charge in [-0.05, 0) is 75.4 Å². The Morgan fingerprint density at radius 1 is 1.20 bits per heavy atom. The molecule has 0 unspecified atom stereocenters. The van der Waals surface area contributed by atoms with E-state index in [-0.39, 0.29) is 0 Å². The number of ether oxygens (including phenoxy) is 1. The molecule has 3 rings (SSSR count). The largest absolute Gasteiger partial charge is 0.497 e. The Labute approximate surface area is 150 Å². The van der Waals surface area contributed by atoms with Gasteiger partial charge >= 0.3 is 0 Å². The number of nitrogens with zero attached hydrogens (tertiary/aromatic N) is 1. The molecule has 1 heterocycles. The van der Waals surface area contributed by atoms with E-state index in [2.05, 4.69) is 29.2 Å². The topological polar surface area (TPSA) is 60.3 Å². The quantitative estimate of drug-likeness (QED) is 0.822. The Morgan fingerprint density at radius 2 is 1.92 bits per heavy atom. The van der Waals surface area contributed by atoms with Crippen molar-refractivity contribution in [1.82, 2.24) is 9.29 Å². The zero-order valence-corrected chi connectivity index (χ0v) is 16.1. The minimum absolute atomic E-state index is 0.303. The van der Waals surface area contributed by atoms with E-state index in [4.69, 9.17) is 4.74 Å². The van der Waals surface area contributed by atoms with Gasteiger partial charge in [0.2, 0.25) is 10.0 Å². The minimum Gasteiger partial charge on any atom is -0.497 e. The van der Waals surface area contributed by atoms with E-state index in [1.54, 1.807) is 32.2 Å². The number of sulfonamides is 1. The molecular formula is C19H26N2O3S. The number of benzene rings is 1. The first-order chi connectivity index (χ1) is 11.8. The Bertz CT molecular complexity index is 880. The van der Waals surface area contributed by atoms with Crippen LogP contribution in [-0.4, -0.2) is 26.6 Å². The van der Waals surface area contributed by atoms with Crippen molar-refractivity contribution >= 4 is 10.0 Å². The van der Waals surface area contributed by atoms with Gasteiger partial charge in [-0.15, -0.1) is 0 Å². The summed E-state index contributed by atoms with van der Waals surface area (Å²) in [4.78, 5) is 0.303. The predicted octanol–water partition coefficient (Wildman–Crippen LogP) is 3.28. The summed E-state index contributed by atoms with van der Waals surface area (Å²) in [6.45, 7) is 6.42. The molecule has 0 bridgehead atoms. The van der Waals surface area contributed by atoms with Gasteiger partial charge < -0.3 is 9.30 Å². The molecule has 0 spiro atoms. The van der Waals surface area contributed by atoms with Crippen LogP contribution in [0.15, 0.2) is 29.2 Å². The van der Waals surface area contributed by atoms with E-state index in [1.807, 2.05) is 0 Å². The smallest absolute Gasteiger partial charge is 0.240 e. The highest BCUT2D eigenvalue weighted by Crippen LogP contribution is 2.38. The molecule has 0 atom stereocenters. The van der Waals surface area contributed by atoms with Crippen molar-refractivity contribution in [3.63, 3.8) is 0 Å². The first kappa shape index (κ1) is 18.0. The molecule has 136 valence electrons. The van der Waals surface area contributed by atoms with Gasteiger partial charge in [0, 0.05) is 24.0 Å². The van der Waals surface area contributed by atoms with Gasteiger partial charge in [-0.25, -0.2) is 13.1 Å². The standard InChI is InChI=1S/C19H26N2O3S/c1-13-11-18(24-4)7-8-19(13)25(22,23)20-10-9-16-12-14(2)21(15(16)3)17-5-6-17/h7-8,11-12,17,20H,5-6,9-10H2,1-4H3. The monoisotopic (exact) mass is 362 g/mol. The molecular weight excluding hydrogens is 336 g/mol. The van der Waals surface area contributed by atoms with Gasteiger partial charge in [-0.2, -0.15) is 0 Å². The summed E-state index contributed by atoms with van der Waals surface area (Å²) in [5, 5.41) is 0. The average Bonchev–Trinajstić information content (AvgIpc) is 3.34. The Kier molecular flexibility index (Phi) is 4.93. The lowest BCUT2D eigenvalue weighted by Gasteiger charge is -2.11. The van der Waals surface area contributed by atoms with Gasteiger partial charge in [0.25, 0.3) is 0 Å². The van der Waals surface area contributed by atoms with Gasteiger partial charge in [0.05, 0.1) is 12.0 Å². The zero-order chi connectivity index (χ0) is 18.2. The van der Waals surface area contributed by atoms with E-state index in [0.717, 1.165) is 0 Å². The van der Waals surface area contributed by atoms with E-state index in [0.29, 0.717) is 35.2 Å². The Hall–Kier alpha value is -1.79.